The van der Waals surface area contributed by atoms with Crippen LogP contribution in [0.15, 0.2) is 41.6 Å². The first-order chi connectivity index (χ1) is 18.4. The van der Waals surface area contributed by atoms with E-state index in [2.05, 4.69) is 20.3 Å². The molecule has 0 saturated heterocycles. The number of carboxylic acid groups (broad SMARTS) is 1. The summed E-state index contributed by atoms with van der Waals surface area (Å²) in [5.41, 5.74) is -2.02. The van der Waals surface area contributed by atoms with Crippen LogP contribution in [0.25, 0.3) is 11.2 Å². The fourth-order valence-electron chi connectivity index (χ4n) is 3.67. The van der Waals surface area contributed by atoms with Crippen LogP contribution in [-0.2, 0) is 20.3 Å². The molecule has 1 amide bonds. The molecular weight excluding hydrogens is 525 g/mol. The predicted octanol–water partition coefficient (Wildman–Crippen LogP) is 2.97. The Morgan fingerprint density at radius 3 is 2.67 bits per heavy atom. The summed E-state index contributed by atoms with van der Waals surface area (Å²) in [5.74, 6) is -0.0170. The van der Waals surface area contributed by atoms with Crippen LogP contribution < -0.4 is 20.5 Å². The van der Waals surface area contributed by atoms with Crippen molar-refractivity contribution in [3.8, 4) is 17.6 Å². The molecule has 0 aliphatic rings. The molecule has 4 aromatic heterocycles. The van der Waals surface area contributed by atoms with Gasteiger partial charge in [0.1, 0.15) is 34.4 Å². The zero-order valence-corrected chi connectivity index (χ0v) is 20.3. The summed E-state index contributed by atoms with van der Waals surface area (Å²) in [6.45, 7) is -0.676. The van der Waals surface area contributed by atoms with Gasteiger partial charge in [-0.3, -0.25) is 9.69 Å². The lowest BCUT2D eigenvalue weighted by atomic mass is 10.2. The number of pyridine rings is 3. The fraction of sp³-hybridized carbons (Fsp3) is 0.217. The summed E-state index contributed by atoms with van der Waals surface area (Å²) in [6, 6.07) is 5.34. The maximum Gasteiger partial charge on any atom is 0.417 e. The summed E-state index contributed by atoms with van der Waals surface area (Å²) < 4.78 is 47.7. The standard InChI is InChI=1S/C23H19F3N8O5/c1-32-11-12(23(24,25)26)7-15(20(32)36)30-21-31-19-18(33(21)2)14(9-27)16(10-29-19)39-13-3-4-28-17(8-13)34(5-6-35)22(37)38/h3-4,7-8,10-11,35H,5-6H2,1-2H3,(H,37,38)(H,29,30,31). The maximum atomic E-state index is 13.3. The Morgan fingerprint density at radius 1 is 1.28 bits per heavy atom. The Labute approximate surface area is 217 Å². The van der Waals surface area contributed by atoms with Crippen molar-refractivity contribution >= 4 is 34.7 Å². The number of hydrogen-bond acceptors (Lipinski definition) is 9. The molecule has 0 bridgehead atoms. The molecule has 0 unspecified atom stereocenters. The highest BCUT2D eigenvalue weighted by Gasteiger charge is 2.32. The first-order valence-corrected chi connectivity index (χ1v) is 11.0. The Hall–Kier alpha value is -5.17. The van der Waals surface area contributed by atoms with Crippen molar-refractivity contribution in [1.82, 2.24) is 24.1 Å². The average Bonchev–Trinajstić information content (AvgIpc) is 3.19. The van der Waals surface area contributed by atoms with Crippen molar-refractivity contribution in [3.63, 3.8) is 0 Å². The number of aliphatic hydroxyl groups is 1. The summed E-state index contributed by atoms with van der Waals surface area (Å²) >= 11 is 0. The molecule has 0 aliphatic carbocycles. The van der Waals surface area contributed by atoms with E-state index in [-0.39, 0.29) is 46.5 Å². The van der Waals surface area contributed by atoms with Crippen molar-refractivity contribution in [2.24, 2.45) is 14.1 Å². The van der Waals surface area contributed by atoms with Gasteiger partial charge in [-0.2, -0.15) is 23.4 Å². The number of nitrogens with zero attached hydrogens (tertiary/aromatic N) is 7. The van der Waals surface area contributed by atoms with E-state index in [4.69, 9.17) is 9.84 Å². The summed E-state index contributed by atoms with van der Waals surface area (Å²) in [7, 11) is 2.65. The molecule has 0 spiro atoms. The predicted molar refractivity (Wildman–Crippen MR) is 130 cm³/mol. The molecule has 0 atom stereocenters. The van der Waals surface area contributed by atoms with Crippen LogP contribution in [0.4, 0.5) is 35.4 Å². The van der Waals surface area contributed by atoms with Gasteiger partial charge in [0.2, 0.25) is 5.95 Å². The quantitative estimate of drug-likeness (QED) is 0.314. The fourth-order valence-corrected chi connectivity index (χ4v) is 3.67. The average molecular weight is 544 g/mol. The van der Waals surface area contributed by atoms with Crippen LogP contribution in [0, 0.1) is 11.3 Å². The van der Waals surface area contributed by atoms with Crippen LogP contribution in [0.5, 0.6) is 11.5 Å². The molecule has 39 heavy (non-hydrogen) atoms. The van der Waals surface area contributed by atoms with E-state index in [1.165, 1.54) is 43.2 Å². The van der Waals surface area contributed by atoms with Gasteiger partial charge < -0.3 is 29.4 Å². The number of aryl methyl sites for hydroxylation is 2. The molecule has 4 rings (SSSR count). The third-order valence-electron chi connectivity index (χ3n) is 5.51. The zero-order chi connectivity index (χ0) is 28.5. The number of nitrogens with one attached hydrogen (secondary N) is 1. The second-order valence-corrected chi connectivity index (χ2v) is 8.07. The van der Waals surface area contributed by atoms with Crippen molar-refractivity contribution < 1.29 is 32.9 Å². The van der Waals surface area contributed by atoms with Gasteiger partial charge in [-0.1, -0.05) is 0 Å². The molecule has 0 aliphatic heterocycles. The Morgan fingerprint density at radius 2 is 2.03 bits per heavy atom. The lowest BCUT2D eigenvalue weighted by Crippen LogP contribution is -2.32. The minimum atomic E-state index is -4.69. The number of anilines is 3. The monoisotopic (exact) mass is 544 g/mol. The van der Waals surface area contributed by atoms with Gasteiger partial charge in [-0.25, -0.2) is 14.8 Å². The maximum absolute atomic E-state index is 13.3. The zero-order valence-electron chi connectivity index (χ0n) is 20.3. The van der Waals surface area contributed by atoms with Crippen molar-refractivity contribution in [2.45, 2.75) is 6.18 Å². The van der Waals surface area contributed by atoms with Crippen LogP contribution in [0.3, 0.4) is 0 Å². The number of fused-ring (bicyclic) bond motifs is 1. The van der Waals surface area contributed by atoms with Crippen LogP contribution in [0.2, 0.25) is 0 Å². The van der Waals surface area contributed by atoms with Crippen molar-refractivity contribution in [3.05, 3.63) is 58.3 Å². The first kappa shape index (κ1) is 26.9. The Kier molecular flexibility index (Phi) is 7.10. The van der Waals surface area contributed by atoms with Gasteiger partial charge in [0.25, 0.3) is 5.56 Å². The Balaban J connectivity index is 1.73. The molecule has 0 saturated carbocycles. The van der Waals surface area contributed by atoms with Gasteiger partial charge in [0.15, 0.2) is 11.4 Å². The second kappa shape index (κ2) is 10.3. The van der Waals surface area contributed by atoms with Gasteiger partial charge in [0, 0.05) is 32.6 Å². The number of ether oxygens (including phenoxy) is 1. The number of alkyl halides is 3. The van der Waals surface area contributed by atoms with Gasteiger partial charge in [0.05, 0.1) is 24.9 Å². The first-order valence-electron chi connectivity index (χ1n) is 11.0. The summed E-state index contributed by atoms with van der Waals surface area (Å²) in [4.78, 5) is 37.1. The van der Waals surface area contributed by atoms with E-state index in [9.17, 15) is 33.1 Å². The number of rotatable bonds is 7. The number of aliphatic hydroxyl groups excluding tert-OH is 1. The molecule has 0 fully saturated rings. The minimum absolute atomic E-state index is 0.0312. The number of nitriles is 1. The highest BCUT2D eigenvalue weighted by molar-refractivity contribution is 5.85. The number of amides is 1. The Bertz CT molecular complexity index is 1680. The number of halogens is 3. The molecule has 202 valence electrons. The molecule has 0 aromatic carbocycles. The largest absolute Gasteiger partial charge is 0.465 e. The van der Waals surface area contributed by atoms with E-state index in [0.29, 0.717) is 12.3 Å². The van der Waals surface area contributed by atoms with E-state index in [0.717, 1.165) is 9.47 Å². The third-order valence-corrected chi connectivity index (χ3v) is 5.51. The lowest BCUT2D eigenvalue weighted by molar-refractivity contribution is -0.138. The highest BCUT2D eigenvalue weighted by Crippen LogP contribution is 2.33. The van der Waals surface area contributed by atoms with Crippen LogP contribution >= 0.6 is 0 Å². The van der Waals surface area contributed by atoms with Crippen LogP contribution in [0.1, 0.15) is 11.1 Å². The highest BCUT2D eigenvalue weighted by atomic mass is 19.4. The molecule has 0 radical (unpaired) electrons. The SMILES string of the molecule is Cn1cc(C(F)(F)F)cc(Nc2nc3ncc(Oc4ccnc(N(CCO)C(=O)O)c4)c(C#N)c3n2C)c1=O. The number of hydrogen-bond donors (Lipinski definition) is 3. The topological polar surface area (TPSA) is 171 Å². The molecule has 4 heterocycles. The molecule has 16 heteroatoms. The van der Waals surface area contributed by atoms with E-state index >= 15 is 0 Å². The molecular formula is C23H19F3N8O5. The van der Waals surface area contributed by atoms with Crippen molar-refractivity contribution in [1.29, 1.82) is 5.26 Å². The van der Waals surface area contributed by atoms with E-state index < -0.39 is 35.7 Å². The molecule has 3 N–H and O–H groups in total. The lowest BCUT2D eigenvalue weighted by Gasteiger charge is -2.17. The number of carbonyl (C=O) groups is 1. The number of imidazole rings is 1. The summed E-state index contributed by atoms with van der Waals surface area (Å²) in [5, 5.41) is 31.0. The third kappa shape index (κ3) is 5.29. The van der Waals surface area contributed by atoms with Crippen molar-refractivity contribution in [2.75, 3.05) is 23.4 Å². The second-order valence-electron chi connectivity index (χ2n) is 8.07. The van der Waals surface area contributed by atoms with Gasteiger partial charge >= 0.3 is 12.3 Å². The van der Waals surface area contributed by atoms with Gasteiger partial charge in [-0.05, 0) is 12.1 Å². The van der Waals surface area contributed by atoms with E-state index in [1.807, 2.05) is 6.07 Å². The normalized spacial score (nSPS) is 11.3. The molecule has 4 aromatic rings. The summed E-state index contributed by atoms with van der Waals surface area (Å²) in [6.07, 6.45) is -2.89. The minimum Gasteiger partial charge on any atom is -0.465 e. The van der Waals surface area contributed by atoms with Crippen LogP contribution in [-0.4, -0.2) is 53.5 Å². The van der Waals surface area contributed by atoms with Gasteiger partial charge in [-0.15, -0.1) is 0 Å². The van der Waals surface area contributed by atoms with E-state index in [1.54, 1.807) is 0 Å². The smallest absolute Gasteiger partial charge is 0.417 e. The molecule has 13 nitrogen and oxygen atoms in total. The number of aromatic nitrogens is 5.